The molecule has 0 fully saturated rings. The van der Waals surface area contributed by atoms with Crippen LogP contribution in [0.1, 0.15) is 50.5 Å². The van der Waals surface area contributed by atoms with Gasteiger partial charge in [0.15, 0.2) is 0 Å². The highest BCUT2D eigenvalue weighted by Gasteiger charge is 2.23. The third-order valence-corrected chi connectivity index (χ3v) is 5.89. The number of nitrogens with one attached hydrogen (secondary N) is 1. The van der Waals surface area contributed by atoms with Gasteiger partial charge in [-0.1, -0.05) is 20.3 Å². The maximum atomic E-state index is 12.8. The molecule has 6 heteroatoms. The van der Waals surface area contributed by atoms with Crippen molar-refractivity contribution in [1.82, 2.24) is 14.9 Å². The van der Waals surface area contributed by atoms with Crippen molar-refractivity contribution in [2.75, 3.05) is 0 Å². The quantitative estimate of drug-likeness (QED) is 0.904. The number of carbonyl (C=O) groups is 1. The van der Waals surface area contributed by atoms with Crippen molar-refractivity contribution in [3.05, 3.63) is 27.1 Å². The summed E-state index contributed by atoms with van der Waals surface area (Å²) in [5, 5.41) is 3.68. The molecular formula is C18H25N3O2S. The minimum atomic E-state index is -0.128. The second-order valence-electron chi connectivity index (χ2n) is 6.97. The molecule has 2 heterocycles. The van der Waals surface area contributed by atoms with E-state index in [0.29, 0.717) is 5.92 Å². The molecule has 0 unspecified atom stereocenters. The van der Waals surface area contributed by atoms with Crippen LogP contribution < -0.4 is 10.9 Å². The summed E-state index contributed by atoms with van der Waals surface area (Å²) in [6, 6.07) is 0.130. The van der Waals surface area contributed by atoms with Crippen molar-refractivity contribution in [3.8, 4) is 0 Å². The fourth-order valence-electron chi connectivity index (χ4n) is 3.46. The fraction of sp³-hybridized carbons (Fsp3) is 0.611. The summed E-state index contributed by atoms with van der Waals surface area (Å²) in [4.78, 5) is 31.6. The maximum absolute atomic E-state index is 12.8. The molecule has 0 aliphatic heterocycles. The molecular weight excluding hydrogens is 322 g/mol. The molecule has 0 aromatic carbocycles. The van der Waals surface area contributed by atoms with Gasteiger partial charge in [-0.3, -0.25) is 14.2 Å². The first-order valence-corrected chi connectivity index (χ1v) is 9.60. The zero-order valence-electron chi connectivity index (χ0n) is 14.6. The number of nitrogens with zero attached hydrogens (tertiary/aromatic N) is 2. The second-order valence-corrected chi connectivity index (χ2v) is 8.05. The Morgan fingerprint density at radius 1 is 1.54 bits per heavy atom. The van der Waals surface area contributed by atoms with Gasteiger partial charge in [-0.05, 0) is 44.1 Å². The van der Waals surface area contributed by atoms with E-state index in [2.05, 4.69) is 24.1 Å². The number of carbonyl (C=O) groups excluding carboxylic acids is 1. The predicted octanol–water partition coefficient (Wildman–Crippen LogP) is 2.89. The summed E-state index contributed by atoms with van der Waals surface area (Å²) >= 11 is 1.64. The summed E-state index contributed by atoms with van der Waals surface area (Å²) < 4.78 is 1.45. The summed E-state index contributed by atoms with van der Waals surface area (Å²) in [6.45, 7) is 6.37. The first-order valence-electron chi connectivity index (χ1n) is 8.78. The Kier molecular flexibility index (Phi) is 5.04. The fourth-order valence-corrected chi connectivity index (χ4v) is 4.80. The summed E-state index contributed by atoms with van der Waals surface area (Å²) in [5.74, 6) is 0.538. The van der Waals surface area contributed by atoms with Crippen LogP contribution in [0.3, 0.4) is 0 Å². The van der Waals surface area contributed by atoms with E-state index in [4.69, 9.17) is 0 Å². The molecule has 5 nitrogen and oxygen atoms in total. The number of hydrogen-bond donors (Lipinski definition) is 1. The van der Waals surface area contributed by atoms with Crippen LogP contribution in [0.2, 0.25) is 0 Å². The number of aryl methyl sites for hydroxylation is 1. The number of thiophene rings is 1. The van der Waals surface area contributed by atoms with Crippen molar-refractivity contribution in [2.24, 2.45) is 5.92 Å². The molecule has 0 bridgehead atoms. The van der Waals surface area contributed by atoms with Crippen molar-refractivity contribution >= 4 is 27.5 Å². The Hall–Kier alpha value is -1.69. The van der Waals surface area contributed by atoms with E-state index < -0.39 is 0 Å². The van der Waals surface area contributed by atoms with E-state index in [1.54, 1.807) is 11.3 Å². The van der Waals surface area contributed by atoms with Gasteiger partial charge in [-0.2, -0.15) is 0 Å². The van der Waals surface area contributed by atoms with E-state index in [1.165, 1.54) is 21.3 Å². The highest BCUT2D eigenvalue weighted by atomic mass is 32.1. The van der Waals surface area contributed by atoms with Crippen molar-refractivity contribution in [2.45, 2.75) is 65.5 Å². The van der Waals surface area contributed by atoms with E-state index in [0.717, 1.165) is 42.3 Å². The molecule has 0 saturated carbocycles. The van der Waals surface area contributed by atoms with E-state index >= 15 is 0 Å². The third-order valence-electron chi connectivity index (χ3n) is 4.73. The van der Waals surface area contributed by atoms with Crippen LogP contribution >= 0.6 is 11.3 Å². The SMILES string of the molecule is CCC[C@H](C)NC(=O)Cn1cnc2sc3c(c2c1=O)CC[C@@H](C)C3. The topological polar surface area (TPSA) is 64.0 Å². The Morgan fingerprint density at radius 3 is 3.08 bits per heavy atom. The summed E-state index contributed by atoms with van der Waals surface area (Å²) in [5.41, 5.74) is 1.09. The largest absolute Gasteiger partial charge is 0.352 e. The van der Waals surface area contributed by atoms with Gasteiger partial charge >= 0.3 is 0 Å². The molecule has 1 aliphatic rings. The van der Waals surface area contributed by atoms with Gasteiger partial charge in [0.2, 0.25) is 5.91 Å². The van der Waals surface area contributed by atoms with Crippen molar-refractivity contribution < 1.29 is 4.79 Å². The molecule has 2 aromatic rings. The highest BCUT2D eigenvalue weighted by Crippen LogP contribution is 2.35. The minimum absolute atomic E-state index is 0.0385. The average Bonchev–Trinajstić information content (AvgIpc) is 2.88. The lowest BCUT2D eigenvalue weighted by molar-refractivity contribution is -0.122. The molecule has 3 rings (SSSR count). The van der Waals surface area contributed by atoms with Crippen LogP contribution in [-0.4, -0.2) is 21.5 Å². The number of fused-ring (bicyclic) bond motifs is 3. The zero-order valence-corrected chi connectivity index (χ0v) is 15.4. The van der Waals surface area contributed by atoms with Gasteiger partial charge in [-0.25, -0.2) is 4.98 Å². The van der Waals surface area contributed by atoms with Gasteiger partial charge in [0.05, 0.1) is 11.7 Å². The first kappa shape index (κ1) is 17.1. The molecule has 0 saturated heterocycles. The molecule has 1 aliphatic carbocycles. The number of aromatic nitrogens is 2. The van der Waals surface area contributed by atoms with E-state index in [9.17, 15) is 9.59 Å². The molecule has 1 N–H and O–H groups in total. The zero-order chi connectivity index (χ0) is 17.3. The minimum Gasteiger partial charge on any atom is -0.352 e. The highest BCUT2D eigenvalue weighted by molar-refractivity contribution is 7.18. The standard InChI is InChI=1S/C18H25N3O2S/c1-4-5-12(3)20-15(22)9-21-10-19-17-16(18(21)23)13-7-6-11(2)8-14(13)24-17/h10-12H,4-9H2,1-3H3,(H,20,22)/t11-,12+/m1/s1. The number of amides is 1. The van der Waals surface area contributed by atoms with Crippen LogP contribution in [0, 0.1) is 5.92 Å². The van der Waals surface area contributed by atoms with Crippen LogP contribution in [0.15, 0.2) is 11.1 Å². The molecule has 130 valence electrons. The van der Waals surface area contributed by atoms with E-state index in [-0.39, 0.29) is 24.1 Å². The monoisotopic (exact) mass is 347 g/mol. The average molecular weight is 347 g/mol. The van der Waals surface area contributed by atoms with Crippen LogP contribution in [-0.2, 0) is 24.2 Å². The molecule has 2 atom stereocenters. The molecule has 0 spiro atoms. The van der Waals surface area contributed by atoms with Crippen LogP contribution in [0.4, 0.5) is 0 Å². The summed E-state index contributed by atoms with van der Waals surface area (Å²) in [6.07, 6.45) is 6.56. The number of rotatable bonds is 5. The predicted molar refractivity (Wildman–Crippen MR) is 97.6 cm³/mol. The molecule has 24 heavy (non-hydrogen) atoms. The number of hydrogen-bond acceptors (Lipinski definition) is 4. The molecule has 1 amide bonds. The Morgan fingerprint density at radius 2 is 2.33 bits per heavy atom. The summed E-state index contributed by atoms with van der Waals surface area (Å²) in [7, 11) is 0. The first-order chi connectivity index (χ1) is 11.5. The Labute approximate surface area is 146 Å². The van der Waals surface area contributed by atoms with Crippen molar-refractivity contribution in [1.29, 1.82) is 0 Å². The molecule has 0 radical (unpaired) electrons. The Bertz CT molecular complexity index is 808. The smallest absolute Gasteiger partial charge is 0.262 e. The van der Waals surface area contributed by atoms with Gasteiger partial charge in [0, 0.05) is 10.9 Å². The van der Waals surface area contributed by atoms with Crippen molar-refractivity contribution in [3.63, 3.8) is 0 Å². The third kappa shape index (κ3) is 3.38. The lowest BCUT2D eigenvalue weighted by Gasteiger charge is -2.17. The lowest BCUT2D eigenvalue weighted by Crippen LogP contribution is -2.37. The Balaban J connectivity index is 1.86. The van der Waals surface area contributed by atoms with E-state index in [1.807, 2.05) is 6.92 Å². The second kappa shape index (κ2) is 7.05. The van der Waals surface area contributed by atoms with Crippen LogP contribution in [0.25, 0.3) is 10.2 Å². The molecule has 2 aromatic heterocycles. The van der Waals surface area contributed by atoms with Gasteiger partial charge < -0.3 is 5.32 Å². The maximum Gasteiger partial charge on any atom is 0.262 e. The van der Waals surface area contributed by atoms with Gasteiger partial charge in [0.25, 0.3) is 5.56 Å². The van der Waals surface area contributed by atoms with Gasteiger partial charge in [-0.15, -0.1) is 11.3 Å². The lowest BCUT2D eigenvalue weighted by atomic mass is 9.89. The normalized spacial score (nSPS) is 18.4. The van der Waals surface area contributed by atoms with Gasteiger partial charge in [0.1, 0.15) is 11.4 Å². The van der Waals surface area contributed by atoms with Crippen LogP contribution in [0.5, 0.6) is 0 Å².